The average molecular weight is 286 g/mol. The number of hydrogen-bond donors (Lipinski definition) is 1. The van der Waals surface area contributed by atoms with Gasteiger partial charge in [0.1, 0.15) is 0 Å². The normalized spacial score (nSPS) is 31.2. The van der Waals surface area contributed by atoms with E-state index in [1.807, 2.05) is 0 Å². The predicted octanol–water partition coefficient (Wildman–Crippen LogP) is 3.24. The lowest BCUT2D eigenvalue weighted by molar-refractivity contribution is 0.0451. The third-order valence-electron chi connectivity index (χ3n) is 6.21. The van der Waals surface area contributed by atoms with Crippen LogP contribution < -0.4 is 5.73 Å². The zero-order chi connectivity index (χ0) is 14.9. The van der Waals surface area contributed by atoms with Crippen molar-refractivity contribution in [1.82, 2.24) is 4.90 Å². The van der Waals surface area contributed by atoms with Crippen LogP contribution in [0.1, 0.15) is 43.7 Å². The molecule has 0 aromatic heterocycles. The largest absolute Gasteiger partial charge is 0.329 e. The Bertz CT molecular complexity index is 449. The Kier molecular flexibility index (Phi) is 4.37. The van der Waals surface area contributed by atoms with Gasteiger partial charge in [-0.15, -0.1) is 0 Å². The van der Waals surface area contributed by atoms with Crippen molar-refractivity contribution in [2.75, 3.05) is 20.1 Å². The molecule has 1 fully saturated rings. The maximum atomic E-state index is 6.39. The van der Waals surface area contributed by atoms with E-state index < -0.39 is 0 Å². The summed E-state index contributed by atoms with van der Waals surface area (Å²) in [6.45, 7) is 4.29. The second-order valence-electron chi connectivity index (χ2n) is 7.12. The van der Waals surface area contributed by atoms with Crippen LogP contribution in [0.5, 0.6) is 0 Å². The lowest BCUT2D eigenvalue weighted by Crippen LogP contribution is -2.59. The van der Waals surface area contributed by atoms with Gasteiger partial charge in [-0.2, -0.15) is 0 Å². The Morgan fingerprint density at radius 1 is 1.14 bits per heavy atom. The van der Waals surface area contributed by atoms with Crippen LogP contribution in [-0.2, 0) is 12.8 Å². The van der Waals surface area contributed by atoms with Gasteiger partial charge >= 0.3 is 0 Å². The first-order valence-corrected chi connectivity index (χ1v) is 8.70. The number of hydrogen-bond acceptors (Lipinski definition) is 2. The molecule has 3 rings (SSSR count). The molecule has 1 aromatic carbocycles. The van der Waals surface area contributed by atoms with Gasteiger partial charge in [-0.05, 0) is 68.7 Å². The van der Waals surface area contributed by atoms with Crippen molar-refractivity contribution in [1.29, 1.82) is 0 Å². The predicted molar refractivity (Wildman–Crippen MR) is 89.4 cm³/mol. The number of nitrogens with two attached hydrogens (primary N) is 1. The van der Waals surface area contributed by atoms with Gasteiger partial charge in [0.25, 0.3) is 0 Å². The molecule has 0 spiro atoms. The highest BCUT2D eigenvalue weighted by molar-refractivity contribution is 5.32. The lowest BCUT2D eigenvalue weighted by Gasteiger charge is -2.46. The van der Waals surface area contributed by atoms with Gasteiger partial charge in [-0.1, -0.05) is 37.6 Å². The second-order valence-corrected chi connectivity index (χ2v) is 7.12. The molecule has 2 nitrogen and oxygen atoms in total. The molecule has 1 saturated carbocycles. The van der Waals surface area contributed by atoms with Gasteiger partial charge in [0.2, 0.25) is 0 Å². The number of unbranched alkanes of at least 4 members (excludes halogenated alkanes) is 1. The zero-order valence-electron chi connectivity index (χ0n) is 13.6. The van der Waals surface area contributed by atoms with Gasteiger partial charge in [-0.25, -0.2) is 0 Å². The first-order chi connectivity index (χ1) is 10.2. The van der Waals surface area contributed by atoms with Crippen molar-refractivity contribution in [3.63, 3.8) is 0 Å². The molecule has 2 unspecified atom stereocenters. The van der Waals surface area contributed by atoms with E-state index in [-0.39, 0.29) is 5.54 Å². The Labute approximate surface area is 129 Å². The minimum Gasteiger partial charge on any atom is -0.329 e. The summed E-state index contributed by atoms with van der Waals surface area (Å²) < 4.78 is 0. The molecule has 0 saturated heterocycles. The van der Waals surface area contributed by atoms with Crippen LogP contribution in [0.25, 0.3) is 0 Å². The number of likely N-dealkylation sites (N-methyl/N-ethyl adjacent to an activating group) is 1. The molecule has 0 amide bonds. The molecule has 2 bridgehead atoms. The summed E-state index contributed by atoms with van der Waals surface area (Å²) in [5, 5.41) is 0. The fourth-order valence-corrected chi connectivity index (χ4v) is 5.00. The van der Waals surface area contributed by atoms with E-state index in [4.69, 9.17) is 5.73 Å². The first-order valence-electron chi connectivity index (χ1n) is 8.70. The standard InChI is InChI=1S/C19H30N2/c1-3-4-11-21(2)19(14-20)17-9-10-18(19)13-16-8-6-5-7-15(16)12-17/h5-8,17-18H,3-4,9-14,20H2,1-2H3. The summed E-state index contributed by atoms with van der Waals surface area (Å²) in [5.74, 6) is 1.47. The van der Waals surface area contributed by atoms with Gasteiger partial charge < -0.3 is 5.73 Å². The molecular weight excluding hydrogens is 256 g/mol. The quantitative estimate of drug-likeness (QED) is 0.900. The Balaban J connectivity index is 1.92. The highest BCUT2D eigenvalue weighted by Crippen LogP contribution is 2.49. The highest BCUT2D eigenvalue weighted by Gasteiger charge is 2.52. The third-order valence-corrected chi connectivity index (χ3v) is 6.21. The Morgan fingerprint density at radius 2 is 1.71 bits per heavy atom. The van der Waals surface area contributed by atoms with Crippen molar-refractivity contribution in [2.45, 2.75) is 51.0 Å². The van der Waals surface area contributed by atoms with Crippen LogP contribution in [-0.4, -0.2) is 30.6 Å². The SMILES string of the molecule is CCCCN(C)C1(CN)C2CCC1Cc1ccccc1C2. The summed E-state index contributed by atoms with van der Waals surface area (Å²) >= 11 is 0. The summed E-state index contributed by atoms with van der Waals surface area (Å²) in [6, 6.07) is 9.07. The fourth-order valence-electron chi connectivity index (χ4n) is 5.00. The molecule has 2 heteroatoms. The summed E-state index contributed by atoms with van der Waals surface area (Å²) in [4.78, 5) is 2.63. The van der Waals surface area contributed by atoms with E-state index in [1.165, 1.54) is 45.1 Å². The minimum absolute atomic E-state index is 0.230. The van der Waals surface area contributed by atoms with Crippen molar-refractivity contribution in [3.05, 3.63) is 35.4 Å². The number of nitrogens with zero attached hydrogens (tertiary/aromatic N) is 1. The van der Waals surface area contributed by atoms with Crippen LogP contribution in [0.15, 0.2) is 24.3 Å². The van der Waals surface area contributed by atoms with Crippen molar-refractivity contribution < 1.29 is 0 Å². The van der Waals surface area contributed by atoms with Crippen LogP contribution >= 0.6 is 0 Å². The van der Waals surface area contributed by atoms with E-state index in [9.17, 15) is 0 Å². The molecule has 2 atom stereocenters. The molecular formula is C19H30N2. The summed E-state index contributed by atoms with van der Waals surface area (Å²) in [6.07, 6.45) is 7.70. The van der Waals surface area contributed by atoms with Gasteiger partial charge in [0, 0.05) is 12.1 Å². The molecule has 1 aromatic rings. The van der Waals surface area contributed by atoms with Gasteiger partial charge in [0.15, 0.2) is 0 Å². The Hall–Kier alpha value is -0.860. The molecule has 0 heterocycles. The lowest BCUT2D eigenvalue weighted by atomic mass is 9.77. The Morgan fingerprint density at radius 3 is 2.19 bits per heavy atom. The van der Waals surface area contributed by atoms with Gasteiger partial charge in [-0.3, -0.25) is 4.90 Å². The summed E-state index contributed by atoms with van der Waals surface area (Å²) in [5.41, 5.74) is 9.78. The molecule has 2 aliphatic rings. The molecule has 0 radical (unpaired) electrons. The van der Waals surface area contributed by atoms with Crippen molar-refractivity contribution in [2.24, 2.45) is 17.6 Å². The average Bonchev–Trinajstić information content (AvgIpc) is 2.76. The maximum absolute atomic E-state index is 6.39. The van der Waals surface area contributed by atoms with E-state index in [0.29, 0.717) is 0 Å². The van der Waals surface area contributed by atoms with Crippen LogP contribution in [0.2, 0.25) is 0 Å². The van der Waals surface area contributed by atoms with E-state index in [1.54, 1.807) is 11.1 Å². The highest BCUT2D eigenvalue weighted by atomic mass is 15.2. The van der Waals surface area contributed by atoms with Crippen LogP contribution in [0, 0.1) is 11.8 Å². The zero-order valence-corrected chi connectivity index (χ0v) is 13.6. The molecule has 2 N–H and O–H groups in total. The molecule has 2 aliphatic carbocycles. The number of benzene rings is 1. The van der Waals surface area contributed by atoms with E-state index in [0.717, 1.165) is 18.4 Å². The molecule has 116 valence electrons. The monoisotopic (exact) mass is 286 g/mol. The minimum atomic E-state index is 0.230. The maximum Gasteiger partial charge on any atom is 0.0391 e. The van der Waals surface area contributed by atoms with Crippen molar-refractivity contribution in [3.8, 4) is 0 Å². The van der Waals surface area contributed by atoms with Crippen molar-refractivity contribution >= 4 is 0 Å². The third kappa shape index (κ3) is 2.43. The number of fused-ring (bicyclic) bond motifs is 3. The smallest absolute Gasteiger partial charge is 0.0391 e. The molecule has 0 aliphatic heterocycles. The van der Waals surface area contributed by atoms with Crippen LogP contribution in [0.4, 0.5) is 0 Å². The topological polar surface area (TPSA) is 29.3 Å². The van der Waals surface area contributed by atoms with Gasteiger partial charge in [0.05, 0.1) is 0 Å². The molecule has 21 heavy (non-hydrogen) atoms. The van der Waals surface area contributed by atoms with E-state index >= 15 is 0 Å². The number of rotatable bonds is 5. The fraction of sp³-hybridized carbons (Fsp3) is 0.684. The van der Waals surface area contributed by atoms with E-state index in [2.05, 4.69) is 43.1 Å². The van der Waals surface area contributed by atoms with Crippen LogP contribution in [0.3, 0.4) is 0 Å². The first kappa shape index (κ1) is 15.1. The summed E-state index contributed by atoms with van der Waals surface area (Å²) in [7, 11) is 2.32. The second kappa shape index (κ2) is 6.10.